The van der Waals surface area contributed by atoms with Gasteiger partial charge in [0.25, 0.3) is 0 Å². The van der Waals surface area contributed by atoms with E-state index in [2.05, 4.69) is 9.55 Å². The summed E-state index contributed by atoms with van der Waals surface area (Å²) in [7, 11) is 0. The molecule has 4 heteroatoms. The standard InChI is InChI=1S/C14H17N3O/c15-13-5-2-6-14-16-11(9-17(13)14)7-10-3-1-4-12(18)8-10/h1,3-4,8-9,13,18H,2,5-7,15H2. The van der Waals surface area contributed by atoms with Crippen molar-refractivity contribution in [2.24, 2.45) is 5.73 Å². The SMILES string of the molecule is NC1CCCc2nc(Cc3cccc(O)c3)cn21. The van der Waals surface area contributed by atoms with E-state index in [1.54, 1.807) is 12.1 Å². The van der Waals surface area contributed by atoms with Crippen molar-refractivity contribution in [2.45, 2.75) is 31.8 Å². The molecule has 0 amide bonds. The lowest BCUT2D eigenvalue weighted by Crippen LogP contribution is -2.24. The number of benzene rings is 1. The Bertz CT molecular complexity index is 562. The van der Waals surface area contributed by atoms with Gasteiger partial charge in [-0.05, 0) is 30.5 Å². The van der Waals surface area contributed by atoms with Gasteiger partial charge in [0.1, 0.15) is 11.6 Å². The molecule has 0 aliphatic carbocycles. The Morgan fingerprint density at radius 3 is 3.11 bits per heavy atom. The van der Waals surface area contributed by atoms with Crippen molar-refractivity contribution in [1.29, 1.82) is 0 Å². The zero-order valence-corrected chi connectivity index (χ0v) is 10.2. The van der Waals surface area contributed by atoms with Crippen LogP contribution in [0.5, 0.6) is 5.75 Å². The van der Waals surface area contributed by atoms with Gasteiger partial charge in [0.05, 0.1) is 11.9 Å². The van der Waals surface area contributed by atoms with Gasteiger partial charge in [-0.3, -0.25) is 0 Å². The quantitative estimate of drug-likeness (QED) is 0.847. The van der Waals surface area contributed by atoms with E-state index in [1.165, 1.54) is 0 Å². The molecule has 1 aliphatic heterocycles. The Morgan fingerprint density at radius 2 is 2.33 bits per heavy atom. The number of phenols is 1. The third-order valence-electron chi connectivity index (χ3n) is 3.41. The maximum absolute atomic E-state index is 9.45. The second-order valence-electron chi connectivity index (χ2n) is 4.86. The van der Waals surface area contributed by atoms with Crippen molar-refractivity contribution in [3.8, 4) is 5.75 Å². The molecular weight excluding hydrogens is 226 g/mol. The van der Waals surface area contributed by atoms with E-state index >= 15 is 0 Å². The van der Waals surface area contributed by atoms with Gasteiger partial charge in [0.15, 0.2) is 0 Å². The summed E-state index contributed by atoms with van der Waals surface area (Å²) in [6.07, 6.45) is 6.00. The molecule has 3 rings (SSSR count). The Labute approximate surface area is 106 Å². The van der Waals surface area contributed by atoms with Crippen LogP contribution < -0.4 is 5.73 Å². The Balaban J connectivity index is 1.85. The topological polar surface area (TPSA) is 64.1 Å². The van der Waals surface area contributed by atoms with Gasteiger partial charge < -0.3 is 15.4 Å². The fourth-order valence-electron chi connectivity index (χ4n) is 2.53. The van der Waals surface area contributed by atoms with Crippen LogP contribution in [-0.2, 0) is 12.8 Å². The summed E-state index contributed by atoms with van der Waals surface area (Å²) in [5.74, 6) is 1.39. The number of fused-ring (bicyclic) bond motifs is 1. The van der Waals surface area contributed by atoms with Crippen molar-refractivity contribution in [3.05, 3.63) is 47.5 Å². The average molecular weight is 243 g/mol. The normalized spacial score (nSPS) is 18.6. The molecule has 94 valence electrons. The first-order valence-electron chi connectivity index (χ1n) is 6.32. The van der Waals surface area contributed by atoms with Gasteiger partial charge in [-0.15, -0.1) is 0 Å². The van der Waals surface area contributed by atoms with E-state index in [9.17, 15) is 5.11 Å². The van der Waals surface area contributed by atoms with Crippen LogP contribution in [-0.4, -0.2) is 14.7 Å². The number of aryl methyl sites for hydroxylation is 1. The van der Waals surface area contributed by atoms with E-state index < -0.39 is 0 Å². The summed E-state index contributed by atoms with van der Waals surface area (Å²) in [6, 6.07) is 7.31. The van der Waals surface area contributed by atoms with Gasteiger partial charge in [0.2, 0.25) is 0 Å². The van der Waals surface area contributed by atoms with E-state index in [1.807, 2.05) is 18.3 Å². The van der Waals surface area contributed by atoms with Crippen molar-refractivity contribution < 1.29 is 5.11 Å². The highest BCUT2D eigenvalue weighted by atomic mass is 16.3. The highest BCUT2D eigenvalue weighted by Crippen LogP contribution is 2.22. The van der Waals surface area contributed by atoms with Crippen LogP contribution in [0.15, 0.2) is 30.5 Å². The van der Waals surface area contributed by atoms with Crippen molar-refractivity contribution in [3.63, 3.8) is 0 Å². The first-order valence-corrected chi connectivity index (χ1v) is 6.32. The van der Waals surface area contributed by atoms with Crippen molar-refractivity contribution in [2.75, 3.05) is 0 Å². The number of hydrogen-bond acceptors (Lipinski definition) is 3. The molecule has 18 heavy (non-hydrogen) atoms. The summed E-state index contributed by atoms with van der Waals surface area (Å²) in [4.78, 5) is 4.63. The minimum atomic E-state index is 0.0687. The molecule has 0 saturated carbocycles. The van der Waals surface area contributed by atoms with Crippen LogP contribution in [0.4, 0.5) is 0 Å². The first-order chi connectivity index (χ1) is 8.72. The summed E-state index contributed by atoms with van der Waals surface area (Å²) in [5, 5.41) is 9.45. The molecule has 4 nitrogen and oxygen atoms in total. The minimum Gasteiger partial charge on any atom is -0.508 e. The second-order valence-corrected chi connectivity index (χ2v) is 4.86. The maximum Gasteiger partial charge on any atom is 0.115 e. The average Bonchev–Trinajstić information content (AvgIpc) is 2.73. The number of rotatable bonds is 2. The molecule has 1 aliphatic rings. The van der Waals surface area contributed by atoms with Crippen LogP contribution in [0.3, 0.4) is 0 Å². The number of hydrogen-bond donors (Lipinski definition) is 2. The predicted octanol–water partition coefficient (Wildman–Crippen LogP) is 1.97. The monoisotopic (exact) mass is 243 g/mol. The molecule has 1 aromatic carbocycles. The fourth-order valence-corrected chi connectivity index (χ4v) is 2.53. The van der Waals surface area contributed by atoms with Gasteiger partial charge in [-0.25, -0.2) is 4.98 Å². The van der Waals surface area contributed by atoms with Crippen LogP contribution in [0.25, 0.3) is 0 Å². The van der Waals surface area contributed by atoms with Gasteiger partial charge >= 0.3 is 0 Å². The van der Waals surface area contributed by atoms with Crippen LogP contribution >= 0.6 is 0 Å². The van der Waals surface area contributed by atoms with Gasteiger partial charge in [0, 0.05) is 19.0 Å². The van der Waals surface area contributed by atoms with Crippen LogP contribution in [0, 0.1) is 0 Å². The minimum absolute atomic E-state index is 0.0687. The van der Waals surface area contributed by atoms with Crippen molar-refractivity contribution >= 4 is 0 Å². The molecule has 1 atom stereocenters. The Morgan fingerprint density at radius 1 is 1.44 bits per heavy atom. The lowest BCUT2D eigenvalue weighted by Gasteiger charge is -2.20. The lowest BCUT2D eigenvalue weighted by atomic mass is 10.1. The van der Waals surface area contributed by atoms with Gasteiger partial charge in [-0.1, -0.05) is 12.1 Å². The summed E-state index contributed by atoms with van der Waals surface area (Å²) < 4.78 is 2.08. The summed E-state index contributed by atoms with van der Waals surface area (Å²) in [5.41, 5.74) is 8.15. The highest BCUT2D eigenvalue weighted by Gasteiger charge is 2.18. The largest absolute Gasteiger partial charge is 0.508 e. The smallest absolute Gasteiger partial charge is 0.115 e. The third kappa shape index (κ3) is 2.11. The summed E-state index contributed by atoms with van der Waals surface area (Å²) >= 11 is 0. The zero-order valence-electron chi connectivity index (χ0n) is 10.2. The number of imidazole rings is 1. The molecule has 0 spiro atoms. The number of phenolic OH excluding ortho intramolecular Hbond substituents is 1. The number of nitrogens with two attached hydrogens (primary N) is 1. The molecule has 1 unspecified atom stereocenters. The Hall–Kier alpha value is -1.81. The van der Waals surface area contributed by atoms with Crippen molar-refractivity contribution in [1.82, 2.24) is 9.55 Å². The molecule has 2 aromatic rings. The number of aromatic nitrogens is 2. The van der Waals surface area contributed by atoms with Gasteiger partial charge in [-0.2, -0.15) is 0 Å². The molecule has 0 radical (unpaired) electrons. The molecule has 0 saturated heterocycles. The Kier molecular flexibility index (Phi) is 2.80. The fraction of sp³-hybridized carbons (Fsp3) is 0.357. The zero-order chi connectivity index (χ0) is 12.5. The van der Waals surface area contributed by atoms with Crippen LogP contribution in [0.2, 0.25) is 0 Å². The lowest BCUT2D eigenvalue weighted by molar-refractivity contribution is 0.408. The molecule has 2 heterocycles. The van der Waals surface area contributed by atoms with E-state index in [0.29, 0.717) is 5.75 Å². The van der Waals surface area contributed by atoms with E-state index in [-0.39, 0.29) is 6.17 Å². The highest BCUT2D eigenvalue weighted by molar-refractivity contribution is 5.30. The number of nitrogens with zero attached hydrogens (tertiary/aromatic N) is 2. The molecular formula is C14H17N3O. The first kappa shape index (κ1) is 11.3. The third-order valence-corrected chi connectivity index (χ3v) is 3.41. The predicted molar refractivity (Wildman–Crippen MR) is 69.3 cm³/mol. The molecule has 1 aromatic heterocycles. The molecule has 0 bridgehead atoms. The van der Waals surface area contributed by atoms with Crippen LogP contribution in [0.1, 0.15) is 36.1 Å². The van der Waals surface area contributed by atoms with E-state index in [0.717, 1.165) is 42.8 Å². The van der Waals surface area contributed by atoms with E-state index in [4.69, 9.17) is 5.73 Å². The number of aromatic hydroxyl groups is 1. The maximum atomic E-state index is 9.45. The molecule has 3 N–H and O–H groups in total. The summed E-state index contributed by atoms with van der Waals surface area (Å²) in [6.45, 7) is 0. The second kappa shape index (κ2) is 4.46. The molecule has 0 fully saturated rings.